The molecule has 1 aromatic rings. The molecule has 3 nitrogen and oxygen atoms in total. The topological polar surface area (TPSA) is 44.5 Å². The Morgan fingerprint density at radius 2 is 1.90 bits per heavy atom. The monoisotopic (exact) mass is 357 g/mol. The molecule has 0 heterocycles. The van der Waals surface area contributed by atoms with E-state index in [2.05, 4.69) is 49.7 Å². The van der Waals surface area contributed by atoms with Crippen molar-refractivity contribution in [2.45, 2.75) is 40.2 Å². The van der Waals surface area contributed by atoms with E-state index in [0.717, 1.165) is 22.2 Å². The van der Waals surface area contributed by atoms with Crippen molar-refractivity contribution in [3.05, 3.63) is 28.2 Å². The highest BCUT2D eigenvalue weighted by atomic mass is 79.9. The van der Waals surface area contributed by atoms with Crippen LogP contribution in [0.1, 0.15) is 45.7 Å². The fourth-order valence-corrected chi connectivity index (χ4v) is 2.48. The van der Waals surface area contributed by atoms with Gasteiger partial charge in [-0.2, -0.15) is 0 Å². The molecule has 0 amide bonds. The second-order valence-electron chi connectivity index (χ2n) is 6.64. The maximum atomic E-state index is 6.35. The zero-order valence-electron chi connectivity index (χ0n) is 13.8. The van der Waals surface area contributed by atoms with Crippen LogP contribution in [0.5, 0.6) is 5.75 Å². The molecule has 1 aromatic carbocycles. The average Bonchev–Trinajstić information content (AvgIpc) is 2.39. The van der Waals surface area contributed by atoms with E-state index in [1.807, 2.05) is 12.1 Å². The summed E-state index contributed by atoms with van der Waals surface area (Å²) >= 11 is 3.55. The first-order chi connectivity index (χ1) is 9.75. The minimum atomic E-state index is 0.0450. The predicted octanol–water partition coefficient (Wildman–Crippen LogP) is 4.55. The van der Waals surface area contributed by atoms with Gasteiger partial charge in [-0.05, 0) is 51.4 Å². The van der Waals surface area contributed by atoms with Gasteiger partial charge in [-0.3, -0.25) is 0 Å². The number of benzene rings is 1. The number of nitrogens with two attached hydrogens (primary N) is 1. The molecular formula is C17H28BrNO2. The third-order valence-corrected chi connectivity index (χ3v) is 4.63. The van der Waals surface area contributed by atoms with Gasteiger partial charge >= 0.3 is 0 Å². The van der Waals surface area contributed by atoms with Crippen molar-refractivity contribution in [3.63, 3.8) is 0 Å². The van der Waals surface area contributed by atoms with Crippen molar-refractivity contribution in [1.29, 1.82) is 0 Å². The van der Waals surface area contributed by atoms with Crippen molar-refractivity contribution in [1.82, 2.24) is 0 Å². The van der Waals surface area contributed by atoms with Crippen LogP contribution in [0.2, 0.25) is 0 Å². The highest BCUT2D eigenvalue weighted by molar-refractivity contribution is 9.10. The van der Waals surface area contributed by atoms with E-state index in [0.29, 0.717) is 19.1 Å². The fourth-order valence-electron chi connectivity index (χ4n) is 1.97. The van der Waals surface area contributed by atoms with E-state index < -0.39 is 0 Å². The van der Waals surface area contributed by atoms with E-state index in [1.165, 1.54) is 0 Å². The summed E-state index contributed by atoms with van der Waals surface area (Å²) in [5, 5.41) is 0. The number of rotatable bonds is 7. The van der Waals surface area contributed by atoms with Gasteiger partial charge < -0.3 is 15.2 Å². The summed E-state index contributed by atoms with van der Waals surface area (Å²) in [6.45, 7) is 10.2. The van der Waals surface area contributed by atoms with Crippen LogP contribution in [-0.4, -0.2) is 20.3 Å². The Hall–Kier alpha value is -0.580. The molecule has 21 heavy (non-hydrogen) atoms. The van der Waals surface area contributed by atoms with Gasteiger partial charge in [0.1, 0.15) is 12.4 Å². The molecule has 2 unspecified atom stereocenters. The normalized spacial score (nSPS) is 14.8. The average molecular weight is 358 g/mol. The quantitative estimate of drug-likeness (QED) is 0.728. The highest BCUT2D eigenvalue weighted by Crippen LogP contribution is 2.34. The Morgan fingerprint density at radius 1 is 1.24 bits per heavy atom. The van der Waals surface area contributed by atoms with Crippen molar-refractivity contribution in [3.8, 4) is 5.75 Å². The van der Waals surface area contributed by atoms with Crippen LogP contribution in [0.4, 0.5) is 0 Å². The summed E-state index contributed by atoms with van der Waals surface area (Å²) in [7, 11) is 1.66. The Kier molecular flexibility index (Phi) is 7.17. The van der Waals surface area contributed by atoms with E-state index in [4.69, 9.17) is 15.2 Å². The van der Waals surface area contributed by atoms with Crippen molar-refractivity contribution < 1.29 is 9.47 Å². The second-order valence-corrected chi connectivity index (χ2v) is 7.49. The molecule has 0 fully saturated rings. The first kappa shape index (κ1) is 18.5. The Bertz CT molecular complexity index is 443. The lowest BCUT2D eigenvalue weighted by Crippen LogP contribution is -2.23. The first-order valence-electron chi connectivity index (χ1n) is 7.42. The van der Waals surface area contributed by atoms with E-state index >= 15 is 0 Å². The van der Waals surface area contributed by atoms with Gasteiger partial charge in [0.15, 0.2) is 0 Å². The van der Waals surface area contributed by atoms with Gasteiger partial charge in [0.05, 0.1) is 11.1 Å². The molecular weight excluding hydrogens is 330 g/mol. The van der Waals surface area contributed by atoms with Crippen LogP contribution in [-0.2, 0) is 4.74 Å². The van der Waals surface area contributed by atoms with Crippen molar-refractivity contribution in [2.75, 3.05) is 20.3 Å². The van der Waals surface area contributed by atoms with Crippen LogP contribution in [0, 0.1) is 11.3 Å². The van der Waals surface area contributed by atoms with Crippen LogP contribution < -0.4 is 10.5 Å². The summed E-state index contributed by atoms with van der Waals surface area (Å²) in [4.78, 5) is 0. The molecule has 4 heteroatoms. The number of hydrogen-bond acceptors (Lipinski definition) is 3. The first-order valence-corrected chi connectivity index (χ1v) is 8.21. The molecule has 0 saturated heterocycles. The van der Waals surface area contributed by atoms with Gasteiger partial charge in [-0.25, -0.2) is 0 Å². The van der Waals surface area contributed by atoms with Gasteiger partial charge in [0, 0.05) is 13.2 Å². The van der Waals surface area contributed by atoms with Crippen LogP contribution in [0.15, 0.2) is 22.7 Å². The standard InChI is InChI=1S/C17H28BrNO2/c1-12(17(2,3)4)10-15(19)13-6-7-16(14(18)11-13)21-9-8-20-5/h6-7,11-12,15H,8-10,19H2,1-5H3. The van der Waals surface area contributed by atoms with Gasteiger partial charge in [0.25, 0.3) is 0 Å². The van der Waals surface area contributed by atoms with Gasteiger partial charge in [-0.15, -0.1) is 0 Å². The molecule has 0 aliphatic heterocycles. The van der Waals surface area contributed by atoms with Crippen molar-refractivity contribution in [2.24, 2.45) is 17.1 Å². The molecule has 0 aromatic heterocycles. The number of ether oxygens (including phenoxy) is 2. The third-order valence-electron chi connectivity index (χ3n) is 4.01. The Labute approximate surface area is 137 Å². The maximum absolute atomic E-state index is 6.35. The lowest BCUT2D eigenvalue weighted by atomic mass is 9.78. The second kappa shape index (κ2) is 8.16. The molecule has 2 N–H and O–H groups in total. The van der Waals surface area contributed by atoms with E-state index in [-0.39, 0.29) is 11.5 Å². The van der Waals surface area contributed by atoms with E-state index in [9.17, 15) is 0 Å². The molecule has 0 bridgehead atoms. The molecule has 0 radical (unpaired) electrons. The van der Waals surface area contributed by atoms with Crippen LogP contribution in [0.3, 0.4) is 0 Å². The molecule has 0 aliphatic rings. The summed E-state index contributed by atoms with van der Waals surface area (Å²) in [6, 6.07) is 6.12. The molecule has 1 rings (SSSR count). The summed E-state index contributed by atoms with van der Waals surface area (Å²) in [5.41, 5.74) is 7.76. The predicted molar refractivity (Wildman–Crippen MR) is 91.7 cm³/mol. The Balaban J connectivity index is 2.69. The molecule has 120 valence electrons. The summed E-state index contributed by atoms with van der Waals surface area (Å²) in [5.74, 6) is 1.38. The Morgan fingerprint density at radius 3 is 2.43 bits per heavy atom. The van der Waals surface area contributed by atoms with Gasteiger partial charge in [0.2, 0.25) is 0 Å². The minimum Gasteiger partial charge on any atom is -0.490 e. The minimum absolute atomic E-state index is 0.0450. The number of hydrogen-bond donors (Lipinski definition) is 1. The van der Waals surface area contributed by atoms with Crippen LogP contribution in [0.25, 0.3) is 0 Å². The zero-order valence-corrected chi connectivity index (χ0v) is 15.4. The maximum Gasteiger partial charge on any atom is 0.133 e. The highest BCUT2D eigenvalue weighted by Gasteiger charge is 2.23. The van der Waals surface area contributed by atoms with E-state index in [1.54, 1.807) is 7.11 Å². The third kappa shape index (κ3) is 5.97. The molecule has 0 spiro atoms. The smallest absolute Gasteiger partial charge is 0.133 e. The number of methoxy groups -OCH3 is 1. The van der Waals surface area contributed by atoms with Crippen LogP contribution >= 0.6 is 15.9 Å². The lowest BCUT2D eigenvalue weighted by molar-refractivity contribution is 0.146. The zero-order chi connectivity index (χ0) is 16.0. The SMILES string of the molecule is COCCOc1ccc(C(N)CC(C)C(C)(C)C)cc1Br. The largest absolute Gasteiger partial charge is 0.490 e. The van der Waals surface area contributed by atoms with Gasteiger partial charge in [-0.1, -0.05) is 33.8 Å². The lowest BCUT2D eigenvalue weighted by Gasteiger charge is -2.29. The molecule has 0 aliphatic carbocycles. The fraction of sp³-hybridized carbons (Fsp3) is 0.647. The van der Waals surface area contributed by atoms with Crippen molar-refractivity contribution >= 4 is 15.9 Å². The summed E-state index contributed by atoms with van der Waals surface area (Å²) in [6.07, 6.45) is 0.972. The molecule has 0 saturated carbocycles. The molecule has 2 atom stereocenters. The number of halogens is 1. The summed E-state index contributed by atoms with van der Waals surface area (Å²) < 4.78 is 11.6.